The second-order valence-electron chi connectivity index (χ2n) is 6.63. The van der Waals surface area contributed by atoms with Gasteiger partial charge in [0.2, 0.25) is 0 Å². The summed E-state index contributed by atoms with van der Waals surface area (Å²) < 4.78 is 14.2. The summed E-state index contributed by atoms with van der Waals surface area (Å²) in [4.78, 5) is 0. The summed E-state index contributed by atoms with van der Waals surface area (Å²) in [5, 5.41) is 3.73. The second kappa shape index (κ2) is 6.15. The van der Waals surface area contributed by atoms with Gasteiger partial charge in [0.05, 0.1) is 0 Å². The van der Waals surface area contributed by atoms with Gasteiger partial charge in [0, 0.05) is 17.1 Å². The Hall–Kier alpha value is -0.410. The average molecular weight is 340 g/mol. The Morgan fingerprint density at radius 1 is 1.20 bits per heavy atom. The number of nitrogens with one attached hydrogen (secondary N) is 1. The average Bonchev–Trinajstić information content (AvgIpc) is 3.25. The molecule has 1 aromatic carbocycles. The fourth-order valence-corrected chi connectivity index (χ4v) is 3.93. The first-order valence-electron chi connectivity index (χ1n) is 7.84. The van der Waals surface area contributed by atoms with Crippen LogP contribution in [0.5, 0.6) is 0 Å². The lowest BCUT2D eigenvalue weighted by molar-refractivity contribution is 0.180. The summed E-state index contributed by atoms with van der Waals surface area (Å²) in [6, 6.07) is 5.91. The van der Waals surface area contributed by atoms with Crippen molar-refractivity contribution in [3.63, 3.8) is 0 Å². The maximum absolute atomic E-state index is 13.2. The van der Waals surface area contributed by atoms with Crippen molar-refractivity contribution in [2.75, 3.05) is 6.54 Å². The van der Waals surface area contributed by atoms with Gasteiger partial charge in [-0.2, -0.15) is 0 Å². The Balaban J connectivity index is 1.73. The van der Waals surface area contributed by atoms with Crippen LogP contribution in [0.25, 0.3) is 0 Å². The van der Waals surface area contributed by atoms with Gasteiger partial charge < -0.3 is 5.32 Å². The molecular weight excluding hydrogens is 317 g/mol. The van der Waals surface area contributed by atoms with E-state index in [9.17, 15) is 4.39 Å². The summed E-state index contributed by atoms with van der Waals surface area (Å²) in [6.45, 7) is 1.13. The first kappa shape index (κ1) is 14.5. The fourth-order valence-electron chi connectivity index (χ4n) is 3.44. The molecule has 3 rings (SSSR count). The van der Waals surface area contributed by atoms with E-state index >= 15 is 0 Å². The van der Waals surface area contributed by atoms with E-state index in [4.69, 9.17) is 0 Å². The van der Waals surface area contributed by atoms with E-state index in [2.05, 4.69) is 21.2 Å². The van der Waals surface area contributed by atoms with Crippen molar-refractivity contribution in [2.45, 2.75) is 57.4 Å². The standard InChI is InChI=1S/C17H23BrFN/c18-16-10-14(19)5-4-13(16)11-17(8-2-1-3-9-17)12-20-15-6-7-15/h4-5,10,15,20H,1-3,6-9,11-12H2. The van der Waals surface area contributed by atoms with Crippen LogP contribution < -0.4 is 5.32 Å². The molecule has 20 heavy (non-hydrogen) atoms. The minimum absolute atomic E-state index is 0.158. The zero-order valence-corrected chi connectivity index (χ0v) is 13.5. The van der Waals surface area contributed by atoms with Crippen LogP contribution in [-0.2, 0) is 6.42 Å². The highest BCUT2D eigenvalue weighted by molar-refractivity contribution is 9.10. The van der Waals surface area contributed by atoms with Crippen LogP contribution in [0.1, 0.15) is 50.5 Å². The van der Waals surface area contributed by atoms with E-state index < -0.39 is 0 Å². The number of rotatable bonds is 5. The van der Waals surface area contributed by atoms with Gasteiger partial charge >= 0.3 is 0 Å². The number of halogens is 2. The summed E-state index contributed by atoms with van der Waals surface area (Å²) in [5.41, 5.74) is 1.63. The molecule has 1 nitrogen and oxygen atoms in total. The summed E-state index contributed by atoms with van der Waals surface area (Å²) >= 11 is 3.53. The third kappa shape index (κ3) is 3.62. The van der Waals surface area contributed by atoms with E-state index in [-0.39, 0.29) is 5.82 Å². The lowest BCUT2D eigenvalue weighted by Gasteiger charge is -2.38. The van der Waals surface area contributed by atoms with Gasteiger partial charge in [-0.1, -0.05) is 41.3 Å². The molecular formula is C17H23BrFN. The lowest BCUT2D eigenvalue weighted by atomic mass is 9.70. The smallest absolute Gasteiger partial charge is 0.124 e. The van der Waals surface area contributed by atoms with E-state index in [1.54, 1.807) is 12.1 Å². The van der Waals surface area contributed by atoms with Gasteiger partial charge in [0.25, 0.3) is 0 Å². The molecule has 0 saturated heterocycles. The largest absolute Gasteiger partial charge is 0.313 e. The predicted molar refractivity (Wildman–Crippen MR) is 84.3 cm³/mol. The molecule has 1 aromatic rings. The van der Waals surface area contributed by atoms with Crippen LogP contribution >= 0.6 is 15.9 Å². The molecule has 0 heterocycles. The topological polar surface area (TPSA) is 12.0 Å². The molecule has 2 aliphatic carbocycles. The van der Waals surface area contributed by atoms with Crippen molar-refractivity contribution in [3.05, 3.63) is 34.1 Å². The highest BCUT2D eigenvalue weighted by Gasteiger charge is 2.34. The van der Waals surface area contributed by atoms with Crippen molar-refractivity contribution >= 4 is 15.9 Å². The molecule has 0 spiro atoms. The monoisotopic (exact) mass is 339 g/mol. The summed E-state index contributed by atoms with van der Waals surface area (Å²) in [5.74, 6) is -0.158. The molecule has 110 valence electrons. The molecule has 0 unspecified atom stereocenters. The third-order valence-electron chi connectivity index (χ3n) is 4.84. The van der Waals surface area contributed by atoms with Gasteiger partial charge in [-0.05, 0) is 55.2 Å². The Kier molecular flexibility index (Phi) is 4.46. The molecule has 3 heteroatoms. The van der Waals surface area contributed by atoms with Gasteiger partial charge in [0.1, 0.15) is 5.82 Å². The first-order valence-corrected chi connectivity index (χ1v) is 8.64. The van der Waals surface area contributed by atoms with Gasteiger partial charge in [-0.25, -0.2) is 4.39 Å². The molecule has 0 aromatic heterocycles. The Labute approximate surface area is 129 Å². The molecule has 0 atom stereocenters. The van der Waals surface area contributed by atoms with Crippen LogP contribution in [0.3, 0.4) is 0 Å². The van der Waals surface area contributed by atoms with Crippen molar-refractivity contribution < 1.29 is 4.39 Å². The van der Waals surface area contributed by atoms with Crippen LogP contribution in [-0.4, -0.2) is 12.6 Å². The van der Waals surface area contributed by atoms with Gasteiger partial charge in [-0.3, -0.25) is 0 Å². The van der Waals surface area contributed by atoms with Crippen LogP contribution in [0.15, 0.2) is 22.7 Å². The number of benzene rings is 1. The summed E-state index contributed by atoms with van der Waals surface area (Å²) in [7, 11) is 0. The molecule has 2 fully saturated rings. The first-order chi connectivity index (χ1) is 9.67. The van der Waals surface area contributed by atoms with Crippen LogP contribution in [0.4, 0.5) is 4.39 Å². The predicted octanol–water partition coefficient (Wildman–Crippen LogP) is 4.83. The molecule has 0 aliphatic heterocycles. The van der Waals surface area contributed by atoms with E-state index in [1.165, 1.54) is 50.5 Å². The second-order valence-corrected chi connectivity index (χ2v) is 7.48. The van der Waals surface area contributed by atoms with Crippen LogP contribution in [0.2, 0.25) is 0 Å². The molecule has 0 amide bonds. The van der Waals surface area contributed by atoms with E-state index in [0.717, 1.165) is 23.5 Å². The minimum atomic E-state index is -0.158. The van der Waals surface area contributed by atoms with Crippen molar-refractivity contribution in [3.8, 4) is 0 Å². The number of hydrogen-bond acceptors (Lipinski definition) is 1. The van der Waals surface area contributed by atoms with Crippen molar-refractivity contribution in [2.24, 2.45) is 5.41 Å². The van der Waals surface area contributed by atoms with E-state index in [1.807, 2.05) is 6.07 Å². The molecule has 0 radical (unpaired) electrons. The normalized spacial score (nSPS) is 21.9. The summed E-state index contributed by atoms with van der Waals surface area (Å²) in [6.07, 6.45) is 10.4. The lowest BCUT2D eigenvalue weighted by Crippen LogP contribution is -2.39. The van der Waals surface area contributed by atoms with E-state index in [0.29, 0.717) is 5.41 Å². The Bertz CT molecular complexity index is 464. The SMILES string of the molecule is Fc1ccc(CC2(CNC3CC3)CCCCC2)c(Br)c1. The fraction of sp³-hybridized carbons (Fsp3) is 0.647. The number of hydrogen-bond donors (Lipinski definition) is 1. The third-order valence-corrected chi connectivity index (χ3v) is 5.58. The Morgan fingerprint density at radius 2 is 1.95 bits per heavy atom. The Morgan fingerprint density at radius 3 is 2.60 bits per heavy atom. The quantitative estimate of drug-likeness (QED) is 0.809. The maximum Gasteiger partial charge on any atom is 0.124 e. The molecule has 0 bridgehead atoms. The zero-order chi connectivity index (χ0) is 14.0. The van der Waals surface area contributed by atoms with Crippen molar-refractivity contribution in [1.29, 1.82) is 0 Å². The maximum atomic E-state index is 13.2. The van der Waals surface area contributed by atoms with Crippen LogP contribution in [0, 0.1) is 11.2 Å². The van der Waals surface area contributed by atoms with Gasteiger partial charge in [-0.15, -0.1) is 0 Å². The highest BCUT2D eigenvalue weighted by atomic mass is 79.9. The molecule has 1 N–H and O–H groups in total. The zero-order valence-electron chi connectivity index (χ0n) is 11.9. The highest BCUT2D eigenvalue weighted by Crippen LogP contribution is 2.40. The van der Waals surface area contributed by atoms with Gasteiger partial charge in [0.15, 0.2) is 0 Å². The minimum Gasteiger partial charge on any atom is -0.313 e. The molecule has 2 aliphatic rings. The molecule has 2 saturated carbocycles. The van der Waals surface area contributed by atoms with Crippen molar-refractivity contribution in [1.82, 2.24) is 5.32 Å².